The van der Waals surface area contributed by atoms with Crippen molar-refractivity contribution in [2.45, 2.75) is 33.2 Å². The molecule has 0 amide bonds. The molecule has 0 aliphatic heterocycles. The van der Waals surface area contributed by atoms with E-state index in [9.17, 15) is 0 Å². The molecular formula is C13H22N2. The van der Waals surface area contributed by atoms with Crippen molar-refractivity contribution in [1.82, 2.24) is 0 Å². The summed E-state index contributed by atoms with van der Waals surface area (Å²) >= 11 is 0. The summed E-state index contributed by atoms with van der Waals surface area (Å²) in [7, 11) is 0. The average molecular weight is 206 g/mol. The highest BCUT2D eigenvalue weighted by molar-refractivity contribution is 5.53. The van der Waals surface area contributed by atoms with Gasteiger partial charge in [-0.2, -0.15) is 0 Å². The normalized spacial score (nSPS) is 12.5. The van der Waals surface area contributed by atoms with Crippen LogP contribution in [0.25, 0.3) is 0 Å². The molecule has 0 heterocycles. The molecule has 0 aliphatic rings. The van der Waals surface area contributed by atoms with Crippen molar-refractivity contribution in [3.63, 3.8) is 0 Å². The molecule has 1 aromatic carbocycles. The molecule has 1 aromatic rings. The summed E-state index contributed by atoms with van der Waals surface area (Å²) in [6.07, 6.45) is 1.10. The minimum absolute atomic E-state index is 0.455. The number of nitrogens with two attached hydrogens (primary N) is 1. The molecule has 15 heavy (non-hydrogen) atoms. The van der Waals surface area contributed by atoms with Crippen LogP contribution in [0.1, 0.15) is 25.8 Å². The second kappa shape index (κ2) is 5.76. The third-order valence-electron chi connectivity index (χ3n) is 2.95. The minimum Gasteiger partial charge on any atom is -0.367 e. The molecule has 0 bridgehead atoms. The monoisotopic (exact) mass is 206 g/mol. The number of nitrogens with zero attached hydrogens (tertiary/aromatic N) is 1. The lowest BCUT2D eigenvalue weighted by atomic mass is 10.1. The van der Waals surface area contributed by atoms with Crippen LogP contribution in [0, 0.1) is 6.92 Å². The van der Waals surface area contributed by atoms with Crippen LogP contribution in [0.15, 0.2) is 24.3 Å². The molecular weight excluding hydrogens is 184 g/mol. The van der Waals surface area contributed by atoms with Crippen LogP contribution >= 0.6 is 0 Å². The van der Waals surface area contributed by atoms with Crippen molar-refractivity contribution in [1.29, 1.82) is 0 Å². The van der Waals surface area contributed by atoms with Crippen molar-refractivity contribution < 1.29 is 0 Å². The Morgan fingerprint density at radius 3 is 2.40 bits per heavy atom. The zero-order chi connectivity index (χ0) is 11.3. The van der Waals surface area contributed by atoms with E-state index in [0.29, 0.717) is 6.04 Å². The highest BCUT2D eigenvalue weighted by Gasteiger charge is 2.15. The van der Waals surface area contributed by atoms with E-state index in [1.807, 2.05) is 0 Å². The minimum atomic E-state index is 0.455. The van der Waals surface area contributed by atoms with Gasteiger partial charge < -0.3 is 10.6 Å². The molecule has 2 N–H and O–H groups in total. The third-order valence-corrected chi connectivity index (χ3v) is 2.95. The summed E-state index contributed by atoms with van der Waals surface area (Å²) in [6, 6.07) is 8.96. The van der Waals surface area contributed by atoms with Gasteiger partial charge in [-0.1, -0.05) is 25.1 Å². The summed E-state index contributed by atoms with van der Waals surface area (Å²) < 4.78 is 0. The van der Waals surface area contributed by atoms with Crippen molar-refractivity contribution in [3.8, 4) is 0 Å². The van der Waals surface area contributed by atoms with Crippen LogP contribution in [0.5, 0.6) is 0 Å². The average Bonchev–Trinajstić information content (AvgIpc) is 2.27. The van der Waals surface area contributed by atoms with E-state index in [0.717, 1.165) is 19.5 Å². The van der Waals surface area contributed by atoms with Gasteiger partial charge >= 0.3 is 0 Å². The maximum Gasteiger partial charge on any atom is 0.0409 e. The van der Waals surface area contributed by atoms with Crippen molar-refractivity contribution in [3.05, 3.63) is 29.8 Å². The fourth-order valence-corrected chi connectivity index (χ4v) is 2.03. The molecule has 1 rings (SSSR count). The lowest BCUT2D eigenvalue weighted by Gasteiger charge is -2.32. The summed E-state index contributed by atoms with van der Waals surface area (Å²) in [5, 5.41) is 0. The van der Waals surface area contributed by atoms with Crippen LogP contribution in [0.3, 0.4) is 0 Å². The number of para-hydroxylation sites is 1. The molecule has 0 aliphatic carbocycles. The SMILES string of the molecule is CCC(CN)N(CC)c1ccccc1C. The Kier molecular flexibility index (Phi) is 4.63. The number of hydrogen-bond acceptors (Lipinski definition) is 2. The molecule has 1 unspecified atom stereocenters. The Balaban J connectivity index is 2.96. The van der Waals surface area contributed by atoms with Gasteiger partial charge in [0, 0.05) is 24.8 Å². The van der Waals surface area contributed by atoms with Crippen molar-refractivity contribution in [2.24, 2.45) is 5.73 Å². The predicted molar refractivity (Wildman–Crippen MR) is 67.3 cm³/mol. The maximum absolute atomic E-state index is 5.81. The molecule has 84 valence electrons. The Morgan fingerprint density at radius 1 is 1.27 bits per heavy atom. The van der Waals surface area contributed by atoms with E-state index in [1.54, 1.807) is 0 Å². The van der Waals surface area contributed by atoms with E-state index in [-0.39, 0.29) is 0 Å². The van der Waals surface area contributed by atoms with Gasteiger partial charge in [-0.15, -0.1) is 0 Å². The Hall–Kier alpha value is -1.02. The number of rotatable bonds is 5. The zero-order valence-corrected chi connectivity index (χ0v) is 10.0. The molecule has 0 fully saturated rings. The van der Waals surface area contributed by atoms with Crippen LogP contribution in [0.2, 0.25) is 0 Å². The summed E-state index contributed by atoms with van der Waals surface area (Å²) in [6.45, 7) is 8.27. The number of aryl methyl sites for hydroxylation is 1. The number of anilines is 1. The Labute approximate surface area is 93.1 Å². The number of likely N-dealkylation sites (N-methyl/N-ethyl adjacent to an activating group) is 1. The largest absolute Gasteiger partial charge is 0.367 e. The first-order valence-electron chi connectivity index (χ1n) is 5.76. The quantitative estimate of drug-likeness (QED) is 0.802. The molecule has 0 aromatic heterocycles. The van der Waals surface area contributed by atoms with Gasteiger partial charge in [0.05, 0.1) is 0 Å². The van der Waals surface area contributed by atoms with Gasteiger partial charge in [0.15, 0.2) is 0 Å². The molecule has 2 heteroatoms. The first-order valence-corrected chi connectivity index (χ1v) is 5.76. The van der Waals surface area contributed by atoms with Gasteiger partial charge in [-0.25, -0.2) is 0 Å². The van der Waals surface area contributed by atoms with Gasteiger partial charge in [-0.3, -0.25) is 0 Å². The second-order valence-electron chi connectivity index (χ2n) is 3.87. The maximum atomic E-state index is 5.81. The van der Waals surface area contributed by atoms with Gasteiger partial charge in [0.25, 0.3) is 0 Å². The van der Waals surface area contributed by atoms with E-state index >= 15 is 0 Å². The number of hydrogen-bond donors (Lipinski definition) is 1. The highest BCUT2D eigenvalue weighted by Crippen LogP contribution is 2.22. The second-order valence-corrected chi connectivity index (χ2v) is 3.87. The van der Waals surface area contributed by atoms with E-state index in [2.05, 4.69) is 49.9 Å². The van der Waals surface area contributed by atoms with E-state index < -0.39 is 0 Å². The van der Waals surface area contributed by atoms with Gasteiger partial charge in [-0.05, 0) is 31.9 Å². The highest BCUT2D eigenvalue weighted by atomic mass is 15.2. The molecule has 1 atom stereocenters. The fraction of sp³-hybridized carbons (Fsp3) is 0.538. The summed E-state index contributed by atoms with van der Waals surface area (Å²) in [4.78, 5) is 2.40. The van der Waals surface area contributed by atoms with Crippen molar-refractivity contribution >= 4 is 5.69 Å². The third kappa shape index (κ3) is 2.72. The first-order chi connectivity index (χ1) is 7.24. The molecule has 0 saturated heterocycles. The first kappa shape index (κ1) is 12.1. The topological polar surface area (TPSA) is 29.3 Å². The van der Waals surface area contributed by atoms with Crippen LogP contribution in [0.4, 0.5) is 5.69 Å². The van der Waals surface area contributed by atoms with Crippen molar-refractivity contribution in [2.75, 3.05) is 18.0 Å². The van der Waals surface area contributed by atoms with Crippen LogP contribution in [-0.2, 0) is 0 Å². The molecule has 0 radical (unpaired) electrons. The fourth-order valence-electron chi connectivity index (χ4n) is 2.03. The lowest BCUT2D eigenvalue weighted by molar-refractivity contribution is 0.590. The van der Waals surface area contributed by atoms with E-state index in [4.69, 9.17) is 5.73 Å². The van der Waals surface area contributed by atoms with Gasteiger partial charge in [0.1, 0.15) is 0 Å². The standard InChI is InChI=1S/C13H22N2/c1-4-12(10-14)15(5-2)13-9-7-6-8-11(13)3/h6-9,12H,4-5,10,14H2,1-3H3. The molecule has 2 nitrogen and oxygen atoms in total. The zero-order valence-electron chi connectivity index (χ0n) is 10.0. The molecule has 0 spiro atoms. The molecule has 0 saturated carbocycles. The Bertz CT molecular complexity index is 292. The summed E-state index contributed by atoms with van der Waals surface area (Å²) in [5.41, 5.74) is 8.45. The summed E-state index contributed by atoms with van der Waals surface area (Å²) in [5.74, 6) is 0. The van der Waals surface area contributed by atoms with Gasteiger partial charge in [0.2, 0.25) is 0 Å². The lowest BCUT2D eigenvalue weighted by Crippen LogP contribution is -2.40. The predicted octanol–water partition coefficient (Wildman–Crippen LogP) is 2.56. The van der Waals surface area contributed by atoms with Crippen LogP contribution in [-0.4, -0.2) is 19.1 Å². The van der Waals surface area contributed by atoms with E-state index in [1.165, 1.54) is 11.3 Å². The smallest absolute Gasteiger partial charge is 0.0409 e. The Morgan fingerprint density at radius 2 is 1.93 bits per heavy atom. The number of benzene rings is 1. The van der Waals surface area contributed by atoms with Crippen LogP contribution < -0.4 is 10.6 Å².